The van der Waals surface area contributed by atoms with Gasteiger partial charge in [-0.25, -0.2) is 0 Å². The molecule has 0 saturated heterocycles. The van der Waals surface area contributed by atoms with E-state index in [0.717, 1.165) is 13.0 Å². The van der Waals surface area contributed by atoms with Gasteiger partial charge < -0.3 is 5.32 Å². The van der Waals surface area contributed by atoms with Crippen LogP contribution in [-0.2, 0) is 12.8 Å². The van der Waals surface area contributed by atoms with Gasteiger partial charge in [-0.3, -0.25) is 0 Å². The van der Waals surface area contributed by atoms with Crippen LogP contribution in [0.25, 0.3) is 0 Å². The molecule has 1 atom stereocenters. The first-order valence-electron chi connectivity index (χ1n) is 7.83. The summed E-state index contributed by atoms with van der Waals surface area (Å²) in [5.41, 5.74) is 3.12. The molecule has 1 nitrogen and oxygen atoms in total. The molecule has 2 rings (SSSR count). The summed E-state index contributed by atoms with van der Waals surface area (Å²) in [5, 5.41) is 8.13. The zero-order valence-corrected chi connectivity index (χ0v) is 14.2. The van der Waals surface area contributed by atoms with Gasteiger partial charge in [0.25, 0.3) is 0 Å². The highest BCUT2D eigenvalue weighted by Gasteiger charge is 2.15. The summed E-state index contributed by atoms with van der Waals surface area (Å²) in [7, 11) is 0. The van der Waals surface area contributed by atoms with Crippen LogP contribution in [0.3, 0.4) is 0 Å². The van der Waals surface area contributed by atoms with E-state index in [2.05, 4.69) is 73.2 Å². The van der Waals surface area contributed by atoms with Gasteiger partial charge >= 0.3 is 0 Å². The molecule has 1 N–H and O–H groups in total. The Kier molecular flexibility index (Phi) is 6.01. The van der Waals surface area contributed by atoms with Crippen LogP contribution in [0, 0.1) is 5.92 Å². The van der Waals surface area contributed by atoms with Gasteiger partial charge in [0.05, 0.1) is 0 Å². The second kappa shape index (κ2) is 7.77. The summed E-state index contributed by atoms with van der Waals surface area (Å²) < 4.78 is 0. The Labute approximate surface area is 133 Å². The van der Waals surface area contributed by atoms with Crippen LogP contribution in [0.4, 0.5) is 0 Å². The Balaban J connectivity index is 1.92. The van der Waals surface area contributed by atoms with Gasteiger partial charge in [0, 0.05) is 5.54 Å². The van der Waals surface area contributed by atoms with Crippen LogP contribution in [0.5, 0.6) is 0 Å². The van der Waals surface area contributed by atoms with Crippen molar-refractivity contribution in [2.45, 2.75) is 45.6 Å². The van der Waals surface area contributed by atoms with Crippen molar-refractivity contribution in [3.05, 3.63) is 58.3 Å². The monoisotopic (exact) mass is 301 g/mol. The minimum atomic E-state index is 0.192. The third-order valence-electron chi connectivity index (χ3n) is 3.71. The molecule has 1 unspecified atom stereocenters. The van der Waals surface area contributed by atoms with Crippen LogP contribution in [0.1, 0.15) is 38.3 Å². The second-order valence-corrected chi connectivity index (χ2v) is 7.64. The summed E-state index contributed by atoms with van der Waals surface area (Å²) in [5.74, 6) is 0.687. The zero-order valence-electron chi connectivity index (χ0n) is 13.4. The first-order valence-corrected chi connectivity index (χ1v) is 8.77. The van der Waals surface area contributed by atoms with Crippen LogP contribution in [0.15, 0.2) is 47.2 Å². The predicted octanol–water partition coefficient (Wildman–Crippen LogP) is 4.93. The molecule has 2 heteroatoms. The van der Waals surface area contributed by atoms with E-state index in [4.69, 9.17) is 0 Å². The maximum atomic E-state index is 3.67. The van der Waals surface area contributed by atoms with E-state index in [-0.39, 0.29) is 5.54 Å². The molecule has 1 heterocycles. The van der Waals surface area contributed by atoms with Crippen molar-refractivity contribution < 1.29 is 0 Å². The first kappa shape index (κ1) is 16.3. The summed E-state index contributed by atoms with van der Waals surface area (Å²) in [6, 6.07) is 13.1. The Morgan fingerprint density at radius 3 is 2.43 bits per heavy atom. The van der Waals surface area contributed by atoms with E-state index < -0.39 is 0 Å². The summed E-state index contributed by atoms with van der Waals surface area (Å²) >= 11 is 1.80. The van der Waals surface area contributed by atoms with Crippen molar-refractivity contribution in [1.82, 2.24) is 5.32 Å². The van der Waals surface area contributed by atoms with E-state index in [1.807, 2.05) is 0 Å². The largest absolute Gasteiger partial charge is 0.312 e. The molecule has 2 aromatic rings. The molecule has 0 spiro atoms. The summed E-state index contributed by atoms with van der Waals surface area (Å²) in [6.45, 7) is 7.81. The molecule has 0 saturated carbocycles. The molecule has 0 radical (unpaired) electrons. The molecule has 0 aliphatic heterocycles. The van der Waals surface area contributed by atoms with E-state index in [1.54, 1.807) is 11.3 Å². The van der Waals surface area contributed by atoms with Gasteiger partial charge in [-0.15, -0.1) is 0 Å². The van der Waals surface area contributed by atoms with Crippen molar-refractivity contribution in [2.75, 3.05) is 6.54 Å². The smallest absolute Gasteiger partial charge is 0.00966 e. The minimum absolute atomic E-state index is 0.192. The van der Waals surface area contributed by atoms with E-state index in [9.17, 15) is 0 Å². The molecule has 21 heavy (non-hydrogen) atoms. The lowest BCUT2D eigenvalue weighted by atomic mass is 9.92. The lowest BCUT2D eigenvalue weighted by Gasteiger charge is -2.25. The van der Waals surface area contributed by atoms with E-state index in [0.29, 0.717) is 5.92 Å². The fourth-order valence-electron chi connectivity index (χ4n) is 2.48. The Morgan fingerprint density at radius 2 is 1.81 bits per heavy atom. The third-order valence-corrected chi connectivity index (χ3v) is 4.44. The first-order chi connectivity index (χ1) is 10.0. The average molecular weight is 301 g/mol. The van der Waals surface area contributed by atoms with Gasteiger partial charge in [-0.1, -0.05) is 30.3 Å². The second-order valence-electron chi connectivity index (χ2n) is 6.86. The highest BCUT2D eigenvalue weighted by molar-refractivity contribution is 7.07. The van der Waals surface area contributed by atoms with Crippen LogP contribution in [-0.4, -0.2) is 12.1 Å². The minimum Gasteiger partial charge on any atom is -0.312 e. The Bertz CT molecular complexity index is 496. The molecular formula is C19H27NS. The van der Waals surface area contributed by atoms with Crippen molar-refractivity contribution >= 4 is 11.3 Å². The maximum Gasteiger partial charge on any atom is 0.00966 e. The number of hydrogen-bond acceptors (Lipinski definition) is 2. The van der Waals surface area contributed by atoms with E-state index >= 15 is 0 Å². The third kappa shape index (κ3) is 6.45. The standard InChI is InChI=1S/C19H27NS/c1-19(2,3)20-14-18(10-9-17-11-12-21-15-17)13-16-7-5-4-6-8-16/h4-8,11-12,15,18,20H,9-10,13-14H2,1-3H3. The fourth-order valence-corrected chi connectivity index (χ4v) is 3.18. The number of hydrogen-bond donors (Lipinski definition) is 1. The number of rotatable bonds is 7. The number of thiophene rings is 1. The van der Waals surface area contributed by atoms with Gasteiger partial charge in [0.2, 0.25) is 0 Å². The molecule has 0 fully saturated rings. The van der Waals surface area contributed by atoms with Crippen molar-refractivity contribution in [2.24, 2.45) is 5.92 Å². The van der Waals surface area contributed by atoms with Crippen LogP contribution < -0.4 is 5.32 Å². The summed E-state index contributed by atoms with van der Waals surface area (Å²) in [6.07, 6.45) is 3.59. The Morgan fingerprint density at radius 1 is 1.05 bits per heavy atom. The normalized spacial score (nSPS) is 13.3. The molecule has 0 amide bonds. The van der Waals surface area contributed by atoms with Crippen molar-refractivity contribution in [3.8, 4) is 0 Å². The molecule has 0 aliphatic carbocycles. The topological polar surface area (TPSA) is 12.0 Å². The molecule has 1 aromatic carbocycles. The lowest BCUT2D eigenvalue weighted by molar-refractivity contribution is 0.357. The van der Waals surface area contributed by atoms with Gasteiger partial charge in [0.15, 0.2) is 0 Å². The Hall–Kier alpha value is -1.12. The number of aryl methyl sites for hydroxylation is 1. The van der Waals surface area contributed by atoms with Gasteiger partial charge in [-0.2, -0.15) is 11.3 Å². The van der Waals surface area contributed by atoms with Crippen molar-refractivity contribution in [1.29, 1.82) is 0 Å². The zero-order chi connectivity index (χ0) is 15.1. The fraction of sp³-hybridized carbons (Fsp3) is 0.474. The highest BCUT2D eigenvalue weighted by Crippen LogP contribution is 2.17. The van der Waals surface area contributed by atoms with E-state index in [1.165, 1.54) is 24.0 Å². The molecule has 0 aliphatic rings. The summed E-state index contributed by atoms with van der Waals surface area (Å²) in [4.78, 5) is 0. The quantitative estimate of drug-likeness (QED) is 0.765. The molecule has 0 bridgehead atoms. The van der Waals surface area contributed by atoms with Gasteiger partial charge in [0.1, 0.15) is 0 Å². The van der Waals surface area contributed by atoms with Crippen molar-refractivity contribution in [3.63, 3.8) is 0 Å². The molecule has 1 aromatic heterocycles. The number of benzene rings is 1. The predicted molar refractivity (Wildman–Crippen MR) is 94.0 cm³/mol. The number of nitrogens with one attached hydrogen (secondary N) is 1. The maximum absolute atomic E-state index is 3.67. The molecular weight excluding hydrogens is 274 g/mol. The van der Waals surface area contributed by atoms with Crippen LogP contribution >= 0.6 is 11.3 Å². The van der Waals surface area contributed by atoms with Gasteiger partial charge in [-0.05, 0) is 80.4 Å². The molecule has 114 valence electrons. The highest BCUT2D eigenvalue weighted by atomic mass is 32.1. The lowest BCUT2D eigenvalue weighted by Crippen LogP contribution is -2.39. The van der Waals surface area contributed by atoms with Crippen LogP contribution in [0.2, 0.25) is 0 Å². The average Bonchev–Trinajstić information content (AvgIpc) is 2.95. The SMILES string of the molecule is CC(C)(C)NCC(CCc1ccsc1)Cc1ccccc1.